The van der Waals surface area contributed by atoms with Crippen LogP contribution in [-0.4, -0.2) is 46.8 Å². The second-order valence-electron chi connectivity index (χ2n) is 6.50. The molecule has 29 heavy (non-hydrogen) atoms. The van der Waals surface area contributed by atoms with Gasteiger partial charge in [0, 0.05) is 31.6 Å². The van der Waals surface area contributed by atoms with Gasteiger partial charge in [0.15, 0.2) is 18.3 Å². The minimum atomic E-state index is -0.262. The molecule has 0 saturated carbocycles. The van der Waals surface area contributed by atoms with Crippen LogP contribution in [0.1, 0.15) is 17.5 Å². The van der Waals surface area contributed by atoms with Crippen molar-refractivity contribution >= 4 is 5.97 Å². The van der Waals surface area contributed by atoms with Gasteiger partial charge in [0.1, 0.15) is 11.5 Å². The summed E-state index contributed by atoms with van der Waals surface area (Å²) in [5, 5.41) is 0. The molecule has 1 aliphatic heterocycles. The lowest BCUT2D eigenvalue weighted by Gasteiger charge is -2.14. The molecule has 0 saturated heterocycles. The van der Waals surface area contributed by atoms with Crippen LogP contribution in [-0.2, 0) is 27.1 Å². The van der Waals surface area contributed by atoms with E-state index in [-0.39, 0.29) is 19.2 Å². The van der Waals surface area contributed by atoms with E-state index in [1.807, 2.05) is 36.4 Å². The molecule has 156 valence electrons. The summed E-state index contributed by atoms with van der Waals surface area (Å²) in [6.45, 7) is 1.81. The van der Waals surface area contributed by atoms with Crippen molar-refractivity contribution in [2.45, 2.75) is 19.3 Å². The molecule has 3 rings (SSSR count). The Hall–Kier alpha value is -2.93. The van der Waals surface area contributed by atoms with Gasteiger partial charge in [-0.1, -0.05) is 12.1 Å². The van der Waals surface area contributed by atoms with Crippen molar-refractivity contribution in [3.63, 3.8) is 0 Å². The second-order valence-corrected chi connectivity index (χ2v) is 6.50. The van der Waals surface area contributed by atoms with Gasteiger partial charge in [-0.3, -0.25) is 4.79 Å². The first-order chi connectivity index (χ1) is 14.2. The topological polar surface area (TPSA) is 72.5 Å². The smallest absolute Gasteiger partial charge is 0.309 e. The lowest BCUT2D eigenvalue weighted by molar-refractivity contribution is -0.139. The molecule has 0 unspecified atom stereocenters. The van der Waals surface area contributed by atoms with E-state index in [0.29, 0.717) is 37.7 Å². The zero-order valence-electron chi connectivity index (χ0n) is 16.8. The maximum absolute atomic E-state index is 11.3. The third-order valence-corrected chi connectivity index (χ3v) is 4.40. The van der Waals surface area contributed by atoms with Crippen LogP contribution in [0.5, 0.6) is 23.0 Å². The van der Waals surface area contributed by atoms with Crippen LogP contribution in [0.2, 0.25) is 0 Å². The highest BCUT2D eigenvalue weighted by molar-refractivity contribution is 5.72. The first-order valence-electron chi connectivity index (χ1n) is 9.52. The Balaban J connectivity index is 1.45. The zero-order chi connectivity index (χ0) is 20.5. The van der Waals surface area contributed by atoms with Crippen LogP contribution in [0.25, 0.3) is 0 Å². The molecule has 0 fully saturated rings. The number of rotatable bonds is 11. The summed E-state index contributed by atoms with van der Waals surface area (Å²) in [5.41, 5.74) is 2.00. The molecule has 7 nitrogen and oxygen atoms in total. The first kappa shape index (κ1) is 20.8. The number of carbonyl (C=O) groups excluding carboxylic acids is 1. The largest absolute Gasteiger partial charge is 0.493 e. The Morgan fingerprint density at radius 1 is 1.00 bits per heavy atom. The molecule has 0 amide bonds. The summed E-state index contributed by atoms with van der Waals surface area (Å²) in [6, 6.07) is 11.2. The number of hydrogen-bond donors (Lipinski definition) is 0. The molecule has 2 aromatic rings. The van der Waals surface area contributed by atoms with Crippen LogP contribution in [0.4, 0.5) is 0 Å². The van der Waals surface area contributed by atoms with Crippen LogP contribution in [0.15, 0.2) is 36.4 Å². The Kier molecular flexibility index (Phi) is 7.58. The molecular weight excluding hydrogens is 376 g/mol. The summed E-state index contributed by atoms with van der Waals surface area (Å²) in [4.78, 5) is 11.3. The van der Waals surface area contributed by atoms with Gasteiger partial charge in [-0.15, -0.1) is 0 Å². The van der Waals surface area contributed by atoms with E-state index in [1.165, 1.54) is 7.11 Å². The highest BCUT2D eigenvalue weighted by Crippen LogP contribution is 2.37. The Labute approximate surface area is 170 Å². The maximum atomic E-state index is 11.3. The zero-order valence-corrected chi connectivity index (χ0v) is 16.8. The highest BCUT2D eigenvalue weighted by Gasteiger charge is 2.18. The summed E-state index contributed by atoms with van der Waals surface area (Å²) in [5.74, 6) is 2.61. The van der Waals surface area contributed by atoms with E-state index in [2.05, 4.69) is 4.74 Å². The van der Waals surface area contributed by atoms with Gasteiger partial charge in [0.05, 0.1) is 33.4 Å². The minimum Gasteiger partial charge on any atom is -0.493 e. The predicted molar refractivity (Wildman–Crippen MR) is 106 cm³/mol. The molecule has 2 aromatic carbocycles. The van der Waals surface area contributed by atoms with Gasteiger partial charge in [0.2, 0.25) is 0 Å². The third kappa shape index (κ3) is 6.02. The van der Waals surface area contributed by atoms with E-state index in [4.69, 9.17) is 23.7 Å². The van der Waals surface area contributed by atoms with Crippen LogP contribution in [0.3, 0.4) is 0 Å². The molecule has 7 heteroatoms. The second kappa shape index (κ2) is 10.6. The van der Waals surface area contributed by atoms with E-state index in [9.17, 15) is 4.79 Å². The van der Waals surface area contributed by atoms with Gasteiger partial charge in [-0.25, -0.2) is 0 Å². The van der Waals surface area contributed by atoms with Crippen molar-refractivity contribution < 1.29 is 33.2 Å². The maximum Gasteiger partial charge on any atom is 0.309 e. The summed E-state index contributed by atoms with van der Waals surface area (Å²) >= 11 is 0. The fourth-order valence-electron chi connectivity index (χ4n) is 2.91. The van der Waals surface area contributed by atoms with Gasteiger partial charge in [0.25, 0.3) is 0 Å². The number of ether oxygens (including phenoxy) is 6. The van der Waals surface area contributed by atoms with E-state index in [0.717, 1.165) is 29.0 Å². The average Bonchev–Trinajstić information content (AvgIpc) is 3.20. The minimum absolute atomic E-state index is 0.158. The predicted octanol–water partition coefficient (Wildman–Crippen LogP) is 3.17. The van der Waals surface area contributed by atoms with E-state index < -0.39 is 0 Å². The van der Waals surface area contributed by atoms with Crippen molar-refractivity contribution in [1.82, 2.24) is 0 Å². The molecule has 0 atom stereocenters. The van der Waals surface area contributed by atoms with Gasteiger partial charge in [-0.05, 0) is 23.8 Å². The SMILES string of the molecule is COCOc1cc2c(cc1OCCCOc1ccc(CC(=O)OC)cc1)OCC2. The van der Waals surface area contributed by atoms with Crippen LogP contribution in [0, 0.1) is 0 Å². The number of fused-ring (bicyclic) bond motifs is 1. The van der Waals surface area contributed by atoms with Crippen molar-refractivity contribution in [2.75, 3.05) is 40.8 Å². The molecule has 0 spiro atoms. The lowest BCUT2D eigenvalue weighted by Crippen LogP contribution is -2.07. The molecule has 1 aliphatic rings. The quantitative estimate of drug-likeness (QED) is 0.325. The average molecular weight is 402 g/mol. The third-order valence-electron chi connectivity index (χ3n) is 4.40. The normalized spacial score (nSPS) is 12.1. The number of benzene rings is 2. The molecular formula is C22H26O7. The van der Waals surface area contributed by atoms with E-state index >= 15 is 0 Å². The number of esters is 1. The standard InChI is InChI=1S/C22H26O7/c1-24-15-29-20-13-17-8-11-28-19(17)14-21(20)27-10-3-9-26-18-6-4-16(5-7-18)12-22(23)25-2/h4-7,13-14H,3,8-12,15H2,1-2H3. The molecule has 1 heterocycles. The molecule has 0 aliphatic carbocycles. The number of carbonyl (C=O) groups is 1. The van der Waals surface area contributed by atoms with Crippen LogP contribution < -0.4 is 18.9 Å². The Morgan fingerprint density at radius 3 is 2.52 bits per heavy atom. The monoisotopic (exact) mass is 402 g/mol. The Bertz CT molecular complexity index is 802. The Morgan fingerprint density at radius 2 is 1.76 bits per heavy atom. The fourth-order valence-corrected chi connectivity index (χ4v) is 2.91. The summed E-state index contributed by atoms with van der Waals surface area (Å²) in [7, 11) is 2.96. The molecule has 0 bridgehead atoms. The summed E-state index contributed by atoms with van der Waals surface area (Å²) < 4.78 is 32.5. The van der Waals surface area contributed by atoms with Gasteiger partial charge < -0.3 is 28.4 Å². The molecule has 0 aromatic heterocycles. The number of methoxy groups -OCH3 is 2. The highest BCUT2D eigenvalue weighted by atomic mass is 16.7. The van der Waals surface area contributed by atoms with Crippen molar-refractivity contribution in [2.24, 2.45) is 0 Å². The van der Waals surface area contributed by atoms with Gasteiger partial charge >= 0.3 is 5.97 Å². The van der Waals surface area contributed by atoms with Gasteiger partial charge in [-0.2, -0.15) is 0 Å². The molecule has 0 N–H and O–H groups in total. The number of hydrogen-bond acceptors (Lipinski definition) is 7. The summed E-state index contributed by atoms with van der Waals surface area (Å²) in [6.07, 6.45) is 1.82. The van der Waals surface area contributed by atoms with Crippen molar-refractivity contribution in [3.05, 3.63) is 47.5 Å². The fraction of sp³-hybridized carbons (Fsp3) is 0.409. The molecule has 0 radical (unpaired) electrons. The van der Waals surface area contributed by atoms with Crippen molar-refractivity contribution in [1.29, 1.82) is 0 Å². The van der Waals surface area contributed by atoms with Crippen molar-refractivity contribution in [3.8, 4) is 23.0 Å². The van der Waals surface area contributed by atoms with Crippen LogP contribution >= 0.6 is 0 Å². The van der Waals surface area contributed by atoms with E-state index in [1.54, 1.807) is 7.11 Å². The first-order valence-corrected chi connectivity index (χ1v) is 9.52. The lowest BCUT2D eigenvalue weighted by atomic mass is 10.1.